The van der Waals surface area contributed by atoms with Gasteiger partial charge in [0.1, 0.15) is 17.0 Å². The third kappa shape index (κ3) is 6.98. The highest BCUT2D eigenvalue weighted by molar-refractivity contribution is 8.76. The number of carbonyl (C=O) groups excluding carboxylic acids is 1. The summed E-state index contributed by atoms with van der Waals surface area (Å²) in [5.74, 6) is 4.01. The first-order chi connectivity index (χ1) is 19.6. The van der Waals surface area contributed by atoms with Crippen LogP contribution in [-0.4, -0.2) is 28.6 Å². The number of H-pyrrole nitrogens is 1. The number of imidazole rings is 1. The Morgan fingerprint density at radius 1 is 0.902 bits per heavy atom. The van der Waals surface area contributed by atoms with Crippen molar-refractivity contribution in [2.24, 2.45) is 0 Å². The average Bonchev–Trinajstić information content (AvgIpc) is 3.42. The van der Waals surface area contributed by atoms with Gasteiger partial charge in [0.2, 0.25) is 0 Å². The maximum absolute atomic E-state index is 13.2. The largest absolute Gasteiger partial charge is 0.496 e. The van der Waals surface area contributed by atoms with Crippen LogP contribution in [0.25, 0.3) is 17.0 Å². The lowest BCUT2D eigenvalue weighted by atomic mass is 9.80. The predicted molar refractivity (Wildman–Crippen MR) is 176 cm³/mol. The summed E-state index contributed by atoms with van der Waals surface area (Å²) in [6.45, 7) is 12.6. The summed E-state index contributed by atoms with van der Waals surface area (Å²) in [5.41, 5.74) is 5.36. The zero-order valence-electron chi connectivity index (χ0n) is 26.3. The maximum Gasteiger partial charge on any atom is 0.402 e. The molecule has 4 rings (SSSR count). The zero-order chi connectivity index (χ0) is 29.6. The normalized spacial score (nSPS) is 15.5. The van der Waals surface area contributed by atoms with Crippen LogP contribution in [0.15, 0.2) is 24.4 Å². The maximum atomic E-state index is 13.2. The van der Waals surface area contributed by atoms with Gasteiger partial charge in [0, 0.05) is 28.2 Å². The van der Waals surface area contributed by atoms with Gasteiger partial charge in [-0.15, -0.1) is 0 Å². The van der Waals surface area contributed by atoms with E-state index in [4.69, 9.17) is 9.72 Å². The Hall–Kier alpha value is -1.99. The van der Waals surface area contributed by atoms with E-state index in [1.54, 1.807) is 7.11 Å². The van der Waals surface area contributed by atoms with Crippen LogP contribution < -0.4 is 9.30 Å². The molecule has 0 aliphatic heterocycles. The lowest BCUT2D eigenvalue weighted by Crippen LogP contribution is -2.37. The highest BCUT2D eigenvalue weighted by atomic mass is 33.1. The summed E-state index contributed by atoms with van der Waals surface area (Å²) >= 11 is 0. The SMILES string of the molecule is CCCCCCCCCCCCSSCc1c(C)c(OC)cc[n+]1-c1nc2cc3c(cc2[nH]1)C(C)(C)C(=O)C3(C)C. The van der Waals surface area contributed by atoms with E-state index in [1.165, 1.54) is 75.7 Å². The van der Waals surface area contributed by atoms with Crippen LogP contribution in [0.1, 0.15) is 121 Å². The van der Waals surface area contributed by atoms with Crippen LogP contribution in [0.5, 0.6) is 5.75 Å². The van der Waals surface area contributed by atoms with E-state index in [0.717, 1.165) is 45.2 Å². The molecule has 1 aliphatic rings. The lowest BCUT2D eigenvalue weighted by Gasteiger charge is -2.21. The fraction of sp³-hybridized carbons (Fsp3) is 0.618. The third-order valence-electron chi connectivity index (χ3n) is 8.87. The first kappa shape index (κ1) is 31.9. The van der Waals surface area contributed by atoms with Crippen LogP contribution in [0.2, 0.25) is 0 Å². The fourth-order valence-electron chi connectivity index (χ4n) is 6.30. The van der Waals surface area contributed by atoms with Gasteiger partial charge in [-0.05, 0) is 64.3 Å². The number of unbranched alkanes of at least 4 members (excludes halogenated alkanes) is 9. The van der Waals surface area contributed by atoms with Crippen LogP contribution in [-0.2, 0) is 21.4 Å². The molecule has 0 amide bonds. The minimum atomic E-state index is -0.511. The fourth-order valence-corrected chi connectivity index (χ4v) is 8.58. The Labute approximate surface area is 255 Å². The van der Waals surface area contributed by atoms with Gasteiger partial charge in [-0.25, -0.2) is 9.55 Å². The summed E-state index contributed by atoms with van der Waals surface area (Å²) < 4.78 is 7.84. The van der Waals surface area contributed by atoms with Crippen LogP contribution >= 0.6 is 21.6 Å². The molecular weight excluding hydrogens is 547 g/mol. The number of ketones is 1. The van der Waals surface area contributed by atoms with E-state index >= 15 is 0 Å². The minimum absolute atomic E-state index is 0.266. The number of methoxy groups -OCH3 is 1. The van der Waals surface area contributed by atoms with E-state index in [9.17, 15) is 4.79 Å². The van der Waals surface area contributed by atoms with Crippen molar-refractivity contribution >= 4 is 38.4 Å². The van der Waals surface area contributed by atoms with Crippen molar-refractivity contribution in [1.82, 2.24) is 9.97 Å². The quantitative estimate of drug-likeness (QED) is 0.102. The molecule has 0 saturated heterocycles. The third-order valence-corrected chi connectivity index (χ3v) is 11.2. The second-order valence-corrected chi connectivity index (χ2v) is 15.2. The second kappa shape index (κ2) is 14.0. The molecule has 0 fully saturated rings. The molecule has 2 heterocycles. The summed E-state index contributed by atoms with van der Waals surface area (Å²) in [7, 11) is 5.62. The molecule has 0 unspecified atom stereocenters. The highest BCUT2D eigenvalue weighted by Crippen LogP contribution is 2.47. The summed E-state index contributed by atoms with van der Waals surface area (Å²) in [6, 6.07) is 6.27. The second-order valence-electron chi connectivity index (χ2n) is 12.6. The van der Waals surface area contributed by atoms with Gasteiger partial charge >= 0.3 is 5.95 Å². The number of benzene rings is 1. The molecule has 1 aliphatic carbocycles. The standard InChI is InChI=1S/C34H50N3O2S2/c1-8-9-10-11-12-13-14-15-16-17-20-40-41-23-29-24(2)30(39-7)18-19-37(29)32-35-27-21-25-26(22-28(27)36-32)34(5,6)31(38)33(25,3)4/h18-19,21-22H,8-17,20,23H2,1-7H3,(H,35,36)/q+1. The molecule has 1 N–H and O–H groups in total. The summed E-state index contributed by atoms with van der Waals surface area (Å²) in [6.07, 6.45) is 15.8. The molecule has 5 nitrogen and oxygen atoms in total. The highest BCUT2D eigenvalue weighted by Gasteiger charge is 2.50. The van der Waals surface area contributed by atoms with Crippen molar-refractivity contribution in [3.8, 4) is 11.7 Å². The van der Waals surface area contributed by atoms with Crippen LogP contribution in [0, 0.1) is 6.92 Å². The number of Topliss-reactive ketones (excluding diaryl/α,β-unsaturated/α-hetero) is 1. The van der Waals surface area contributed by atoms with Crippen LogP contribution in [0.4, 0.5) is 0 Å². The van der Waals surface area contributed by atoms with Crippen molar-refractivity contribution in [2.45, 2.75) is 122 Å². The van der Waals surface area contributed by atoms with E-state index < -0.39 is 10.8 Å². The molecule has 41 heavy (non-hydrogen) atoms. The number of carbonyl (C=O) groups is 1. The van der Waals surface area contributed by atoms with Gasteiger partial charge < -0.3 is 4.74 Å². The monoisotopic (exact) mass is 596 g/mol. The van der Waals surface area contributed by atoms with Gasteiger partial charge in [0.05, 0.1) is 19.1 Å². The molecule has 0 bridgehead atoms. The van der Waals surface area contributed by atoms with Gasteiger partial charge in [-0.1, -0.05) is 91.3 Å². The van der Waals surface area contributed by atoms with Gasteiger partial charge in [-0.3, -0.25) is 4.79 Å². The van der Waals surface area contributed by atoms with Crippen molar-refractivity contribution in [1.29, 1.82) is 0 Å². The molecule has 0 spiro atoms. The molecule has 224 valence electrons. The first-order valence-corrected chi connectivity index (χ1v) is 18.0. The molecule has 2 aromatic heterocycles. The number of pyridine rings is 1. The molecule has 0 saturated carbocycles. The molecule has 0 atom stereocenters. The van der Waals surface area contributed by atoms with Crippen molar-refractivity contribution in [2.75, 3.05) is 12.9 Å². The number of hydrogen-bond acceptors (Lipinski definition) is 5. The number of nitrogens with zero attached hydrogens (tertiary/aromatic N) is 2. The van der Waals surface area contributed by atoms with Gasteiger partial charge in [0.25, 0.3) is 0 Å². The number of ether oxygens (including phenoxy) is 1. The Morgan fingerprint density at radius 2 is 1.51 bits per heavy atom. The number of hydrogen-bond donors (Lipinski definition) is 1. The molecule has 3 aromatic rings. The van der Waals surface area contributed by atoms with Crippen molar-refractivity contribution in [3.05, 3.63) is 46.8 Å². The Morgan fingerprint density at radius 3 is 2.15 bits per heavy atom. The molecule has 1 aromatic carbocycles. The summed E-state index contributed by atoms with van der Waals surface area (Å²) in [5, 5.41) is 0. The number of aromatic nitrogens is 3. The smallest absolute Gasteiger partial charge is 0.402 e. The average molecular weight is 597 g/mol. The zero-order valence-corrected chi connectivity index (χ0v) is 28.0. The topological polar surface area (TPSA) is 58.9 Å². The molecule has 0 radical (unpaired) electrons. The molecule has 7 heteroatoms. The molecular formula is C34H50N3O2S2+. The summed E-state index contributed by atoms with van der Waals surface area (Å²) in [4.78, 5) is 21.7. The lowest BCUT2D eigenvalue weighted by molar-refractivity contribution is -0.610. The van der Waals surface area contributed by atoms with E-state index in [0.29, 0.717) is 0 Å². The first-order valence-electron chi connectivity index (χ1n) is 15.6. The number of aromatic amines is 1. The van der Waals surface area contributed by atoms with Crippen LogP contribution in [0.3, 0.4) is 0 Å². The predicted octanol–water partition coefficient (Wildman–Crippen LogP) is 9.10. The number of fused-ring (bicyclic) bond motifs is 2. The Bertz CT molecular complexity index is 1290. The number of rotatable bonds is 16. The van der Waals surface area contributed by atoms with E-state index in [-0.39, 0.29) is 5.78 Å². The van der Waals surface area contributed by atoms with Crippen molar-refractivity contribution in [3.63, 3.8) is 0 Å². The number of nitrogens with one attached hydrogen (secondary N) is 1. The van der Waals surface area contributed by atoms with E-state index in [2.05, 4.69) is 41.7 Å². The van der Waals surface area contributed by atoms with E-state index in [1.807, 2.05) is 55.3 Å². The van der Waals surface area contributed by atoms with Gasteiger partial charge in [0.15, 0.2) is 11.3 Å². The minimum Gasteiger partial charge on any atom is -0.496 e. The Kier molecular flexibility index (Phi) is 10.9. The van der Waals surface area contributed by atoms with Crippen molar-refractivity contribution < 1.29 is 14.1 Å². The van der Waals surface area contributed by atoms with Gasteiger partial charge in [-0.2, -0.15) is 0 Å². The Balaban J connectivity index is 1.39.